The van der Waals surface area contributed by atoms with Crippen molar-refractivity contribution in [1.29, 1.82) is 0 Å². The molecule has 0 bridgehead atoms. The number of benzene rings is 1. The normalized spacial score (nSPS) is 18.7. The maximum absolute atomic E-state index is 13.2. The van der Waals surface area contributed by atoms with Crippen molar-refractivity contribution in [3.8, 4) is 5.75 Å². The zero-order valence-electron chi connectivity index (χ0n) is 16.5. The van der Waals surface area contributed by atoms with E-state index < -0.39 is 6.09 Å². The number of aromatic amines is 1. The lowest BCUT2D eigenvalue weighted by Gasteiger charge is -2.29. The number of carbonyl (C=O) groups excluding carboxylic acids is 1. The largest absolute Gasteiger partial charge is 0.497 e. The second-order valence-corrected chi connectivity index (χ2v) is 7.35. The van der Waals surface area contributed by atoms with Crippen LogP contribution in [0.3, 0.4) is 0 Å². The summed E-state index contributed by atoms with van der Waals surface area (Å²) in [7, 11) is 1.56. The smallest absolute Gasteiger partial charge is 0.404 e. The molecule has 0 saturated heterocycles. The second-order valence-electron chi connectivity index (χ2n) is 7.35. The number of hydrogen-bond donors (Lipinski definition) is 4. The molecule has 9 nitrogen and oxygen atoms in total. The Bertz CT molecular complexity index is 1070. The number of carbonyl (C=O) groups is 2. The molecule has 0 spiro atoms. The molecule has 0 radical (unpaired) electrons. The Morgan fingerprint density at radius 1 is 1.17 bits per heavy atom. The van der Waals surface area contributed by atoms with Crippen LogP contribution in [0.2, 0.25) is 0 Å². The van der Waals surface area contributed by atoms with Gasteiger partial charge in [-0.05, 0) is 37.8 Å². The van der Waals surface area contributed by atoms with Gasteiger partial charge < -0.3 is 25.5 Å². The average Bonchev–Trinajstić information content (AvgIpc) is 3.19. The molecular formula is C21H23N5O4. The van der Waals surface area contributed by atoms with Crippen LogP contribution in [0.1, 0.15) is 41.6 Å². The monoisotopic (exact) mass is 409 g/mol. The summed E-state index contributed by atoms with van der Waals surface area (Å²) >= 11 is 0. The predicted octanol–water partition coefficient (Wildman–Crippen LogP) is 3.19. The van der Waals surface area contributed by atoms with E-state index in [1.54, 1.807) is 37.6 Å². The van der Waals surface area contributed by atoms with Gasteiger partial charge in [-0.3, -0.25) is 4.79 Å². The lowest BCUT2D eigenvalue weighted by molar-refractivity contribution is 0.104. The molecule has 30 heavy (non-hydrogen) atoms. The summed E-state index contributed by atoms with van der Waals surface area (Å²) in [5, 5.41) is 15.5. The van der Waals surface area contributed by atoms with Crippen molar-refractivity contribution in [2.45, 2.75) is 37.8 Å². The second kappa shape index (κ2) is 8.40. The number of nitrogens with one attached hydrogen (secondary N) is 3. The Balaban J connectivity index is 1.57. The van der Waals surface area contributed by atoms with E-state index in [1.165, 1.54) is 6.33 Å². The third kappa shape index (κ3) is 4.05. The molecule has 1 aliphatic carbocycles. The first kappa shape index (κ1) is 19.7. The first-order valence-corrected chi connectivity index (χ1v) is 9.82. The van der Waals surface area contributed by atoms with Crippen LogP contribution in [0.15, 0.2) is 36.8 Å². The van der Waals surface area contributed by atoms with Crippen LogP contribution >= 0.6 is 0 Å². The van der Waals surface area contributed by atoms with Crippen LogP contribution in [0.25, 0.3) is 11.0 Å². The first-order valence-electron chi connectivity index (χ1n) is 9.82. The average molecular weight is 409 g/mol. The van der Waals surface area contributed by atoms with Crippen molar-refractivity contribution in [2.24, 2.45) is 0 Å². The topological polar surface area (TPSA) is 129 Å². The molecule has 4 rings (SSSR count). The number of rotatable bonds is 6. The van der Waals surface area contributed by atoms with Gasteiger partial charge in [-0.15, -0.1) is 0 Å². The van der Waals surface area contributed by atoms with Gasteiger partial charge in [0.25, 0.3) is 0 Å². The van der Waals surface area contributed by atoms with Crippen molar-refractivity contribution in [3.63, 3.8) is 0 Å². The number of H-pyrrole nitrogens is 1. The molecule has 1 aliphatic rings. The zero-order valence-corrected chi connectivity index (χ0v) is 16.5. The lowest BCUT2D eigenvalue weighted by Crippen LogP contribution is -2.39. The summed E-state index contributed by atoms with van der Waals surface area (Å²) in [4.78, 5) is 35.7. The molecule has 1 saturated carbocycles. The van der Waals surface area contributed by atoms with E-state index in [2.05, 4.69) is 25.6 Å². The number of nitrogens with zero attached hydrogens (tertiary/aromatic N) is 2. The molecule has 2 aromatic heterocycles. The minimum absolute atomic E-state index is 0.0246. The number of ether oxygens (including phenoxy) is 1. The Kier molecular flexibility index (Phi) is 5.51. The molecule has 156 valence electrons. The van der Waals surface area contributed by atoms with Crippen molar-refractivity contribution in [3.05, 3.63) is 47.9 Å². The number of ketones is 1. The van der Waals surface area contributed by atoms with Gasteiger partial charge in [0, 0.05) is 23.8 Å². The lowest BCUT2D eigenvalue weighted by atomic mass is 9.91. The number of hydrogen-bond acceptors (Lipinski definition) is 6. The number of methoxy groups -OCH3 is 1. The van der Waals surface area contributed by atoms with Crippen LogP contribution in [0, 0.1) is 0 Å². The molecule has 0 aliphatic heterocycles. The fraction of sp³-hybridized carbons (Fsp3) is 0.333. The molecule has 1 fully saturated rings. The third-order valence-corrected chi connectivity index (χ3v) is 5.44. The Hall–Kier alpha value is -3.62. The molecule has 4 N–H and O–H groups in total. The van der Waals surface area contributed by atoms with Crippen molar-refractivity contribution in [2.75, 3.05) is 12.4 Å². The van der Waals surface area contributed by atoms with Gasteiger partial charge in [0.1, 0.15) is 23.5 Å². The maximum atomic E-state index is 13.2. The van der Waals surface area contributed by atoms with Crippen molar-refractivity contribution < 1.29 is 19.4 Å². The van der Waals surface area contributed by atoms with E-state index in [0.29, 0.717) is 33.7 Å². The van der Waals surface area contributed by atoms with E-state index in [-0.39, 0.29) is 17.9 Å². The fourth-order valence-corrected chi connectivity index (χ4v) is 3.92. The van der Waals surface area contributed by atoms with Crippen LogP contribution in [-0.2, 0) is 0 Å². The highest BCUT2D eigenvalue weighted by Crippen LogP contribution is 2.29. The molecule has 0 unspecified atom stereocenters. The van der Waals surface area contributed by atoms with E-state index in [9.17, 15) is 9.59 Å². The summed E-state index contributed by atoms with van der Waals surface area (Å²) in [5.74, 6) is 1.07. The Labute approximate surface area is 172 Å². The minimum Gasteiger partial charge on any atom is -0.497 e. The fourth-order valence-electron chi connectivity index (χ4n) is 3.92. The molecule has 0 atom stereocenters. The predicted molar refractivity (Wildman–Crippen MR) is 111 cm³/mol. The minimum atomic E-state index is -0.989. The van der Waals surface area contributed by atoms with E-state index in [1.807, 2.05) is 0 Å². The number of amides is 1. The molecule has 9 heteroatoms. The Morgan fingerprint density at radius 3 is 2.67 bits per heavy atom. The van der Waals surface area contributed by atoms with Crippen molar-refractivity contribution >= 4 is 28.7 Å². The maximum Gasteiger partial charge on any atom is 0.404 e. The molecular weight excluding hydrogens is 386 g/mol. The van der Waals surface area contributed by atoms with Crippen LogP contribution in [-0.4, -0.2) is 51.1 Å². The summed E-state index contributed by atoms with van der Waals surface area (Å²) in [6, 6.07) is 7.14. The van der Waals surface area contributed by atoms with Gasteiger partial charge >= 0.3 is 6.09 Å². The SMILES string of the molecule is COc1cccc(C(=O)c2c[nH]c3ncnc(NC4CCC(NC(=O)O)CC4)c23)c1. The molecule has 2 heterocycles. The summed E-state index contributed by atoms with van der Waals surface area (Å²) in [6.07, 6.45) is 5.23. The third-order valence-electron chi connectivity index (χ3n) is 5.44. The summed E-state index contributed by atoms with van der Waals surface area (Å²) in [6.45, 7) is 0. The highest BCUT2D eigenvalue weighted by molar-refractivity contribution is 6.18. The summed E-state index contributed by atoms with van der Waals surface area (Å²) < 4.78 is 5.23. The number of fused-ring (bicyclic) bond motifs is 1. The molecule has 3 aromatic rings. The zero-order chi connectivity index (χ0) is 21.1. The van der Waals surface area contributed by atoms with Crippen molar-refractivity contribution in [1.82, 2.24) is 20.3 Å². The summed E-state index contributed by atoms with van der Waals surface area (Å²) in [5.41, 5.74) is 1.59. The van der Waals surface area contributed by atoms with Gasteiger partial charge in [0.05, 0.1) is 18.1 Å². The number of anilines is 1. The van der Waals surface area contributed by atoms with Gasteiger partial charge in [-0.1, -0.05) is 12.1 Å². The highest BCUT2D eigenvalue weighted by Gasteiger charge is 2.25. The Morgan fingerprint density at radius 2 is 1.93 bits per heavy atom. The van der Waals surface area contributed by atoms with Crippen LogP contribution in [0.5, 0.6) is 5.75 Å². The van der Waals surface area contributed by atoms with E-state index in [4.69, 9.17) is 9.84 Å². The number of carboxylic acid groups (broad SMARTS) is 1. The van der Waals surface area contributed by atoms with Gasteiger partial charge in [-0.2, -0.15) is 0 Å². The van der Waals surface area contributed by atoms with E-state index >= 15 is 0 Å². The molecule has 1 aromatic carbocycles. The standard InChI is InChI=1S/C21H23N5O4/c1-30-15-4-2-3-12(9-15)18(27)16-10-22-19-17(16)20(24-11-23-19)25-13-5-7-14(8-6-13)26-21(28)29/h2-4,9-11,13-14,26H,5-8H2,1H3,(H,28,29)(H2,22,23,24,25). The van der Waals surface area contributed by atoms with E-state index in [0.717, 1.165) is 25.7 Å². The molecule has 1 amide bonds. The van der Waals surface area contributed by atoms with Crippen LogP contribution in [0.4, 0.5) is 10.6 Å². The highest BCUT2D eigenvalue weighted by atomic mass is 16.5. The van der Waals surface area contributed by atoms with Gasteiger partial charge in [0.2, 0.25) is 0 Å². The van der Waals surface area contributed by atoms with Gasteiger partial charge in [0.15, 0.2) is 5.78 Å². The first-order chi connectivity index (χ1) is 14.5. The number of aromatic nitrogens is 3. The quantitative estimate of drug-likeness (QED) is 0.460. The van der Waals surface area contributed by atoms with Crippen LogP contribution < -0.4 is 15.4 Å². The van der Waals surface area contributed by atoms with Gasteiger partial charge in [-0.25, -0.2) is 14.8 Å².